The van der Waals surface area contributed by atoms with E-state index in [4.69, 9.17) is 0 Å². The average molecular weight is 311 g/mol. The van der Waals surface area contributed by atoms with Gasteiger partial charge in [0, 0.05) is 11.4 Å². The molecule has 1 fully saturated rings. The summed E-state index contributed by atoms with van der Waals surface area (Å²) in [4.78, 5) is 15.6. The van der Waals surface area contributed by atoms with Gasteiger partial charge in [-0.2, -0.15) is 0 Å². The molecular weight excluding hydrogens is 298 g/mol. The molecule has 0 aliphatic carbocycles. The van der Waals surface area contributed by atoms with E-state index in [2.05, 4.69) is 27.7 Å². The number of carbonyl (C=O) groups excluding carboxylic acids is 1. The summed E-state index contributed by atoms with van der Waals surface area (Å²) in [5, 5.41) is 9.80. The van der Waals surface area contributed by atoms with Gasteiger partial charge >= 0.3 is 0 Å². The van der Waals surface area contributed by atoms with E-state index in [0.29, 0.717) is 5.75 Å². The van der Waals surface area contributed by atoms with Crippen molar-refractivity contribution in [2.45, 2.75) is 23.2 Å². The molecule has 1 saturated heterocycles. The highest BCUT2D eigenvalue weighted by Crippen LogP contribution is 2.35. The number of nitrogens with zero attached hydrogens (tertiary/aromatic N) is 3. The van der Waals surface area contributed by atoms with Crippen molar-refractivity contribution >= 4 is 40.3 Å². The van der Waals surface area contributed by atoms with Crippen molar-refractivity contribution in [2.75, 3.05) is 12.3 Å². The first-order chi connectivity index (χ1) is 9.34. The summed E-state index contributed by atoms with van der Waals surface area (Å²) >= 11 is 4.69. The Hall–Kier alpha value is -0.920. The van der Waals surface area contributed by atoms with Gasteiger partial charge in [0.2, 0.25) is 5.91 Å². The second-order valence-corrected chi connectivity index (χ2v) is 7.29. The van der Waals surface area contributed by atoms with Crippen LogP contribution in [0.15, 0.2) is 27.4 Å². The maximum Gasteiger partial charge on any atom is 0.233 e. The lowest BCUT2D eigenvalue weighted by Gasteiger charge is -2.23. The molecule has 0 saturated carbocycles. The zero-order chi connectivity index (χ0) is 13.1. The van der Waals surface area contributed by atoms with Crippen LogP contribution in [0.1, 0.15) is 23.8 Å². The van der Waals surface area contributed by atoms with Crippen LogP contribution in [0.3, 0.4) is 0 Å². The molecule has 0 radical (unpaired) electrons. The SMILES string of the molecule is O=C(CSc1nncs1)N1CCCC1c1cccs1. The van der Waals surface area contributed by atoms with E-state index >= 15 is 0 Å². The lowest BCUT2D eigenvalue weighted by molar-refractivity contribution is -0.129. The third-order valence-corrected chi connectivity index (χ3v) is 5.92. The molecule has 100 valence electrons. The molecule has 1 aliphatic rings. The average Bonchev–Trinajstić information content (AvgIpc) is 3.14. The molecule has 3 rings (SSSR count). The predicted molar refractivity (Wildman–Crippen MR) is 78.6 cm³/mol. The number of aromatic nitrogens is 2. The van der Waals surface area contributed by atoms with Gasteiger partial charge < -0.3 is 4.90 Å². The molecule has 2 aromatic heterocycles. The Morgan fingerprint density at radius 2 is 2.47 bits per heavy atom. The van der Waals surface area contributed by atoms with Crippen LogP contribution in [0, 0.1) is 0 Å². The van der Waals surface area contributed by atoms with E-state index < -0.39 is 0 Å². The minimum Gasteiger partial charge on any atom is -0.334 e. The van der Waals surface area contributed by atoms with E-state index in [1.807, 2.05) is 4.90 Å². The van der Waals surface area contributed by atoms with Gasteiger partial charge in [0.15, 0.2) is 4.34 Å². The predicted octanol–water partition coefficient (Wildman–Crippen LogP) is 3.06. The Balaban J connectivity index is 1.62. The summed E-state index contributed by atoms with van der Waals surface area (Å²) in [6, 6.07) is 4.46. The van der Waals surface area contributed by atoms with Gasteiger partial charge in [-0.05, 0) is 24.3 Å². The Morgan fingerprint density at radius 1 is 1.53 bits per heavy atom. The van der Waals surface area contributed by atoms with Crippen LogP contribution in [0.2, 0.25) is 0 Å². The summed E-state index contributed by atoms with van der Waals surface area (Å²) in [6.07, 6.45) is 2.17. The van der Waals surface area contributed by atoms with Gasteiger partial charge in [-0.1, -0.05) is 29.2 Å². The lowest BCUT2D eigenvalue weighted by Crippen LogP contribution is -2.31. The molecule has 1 amide bonds. The maximum absolute atomic E-state index is 12.3. The van der Waals surface area contributed by atoms with E-state index in [0.717, 1.165) is 23.7 Å². The summed E-state index contributed by atoms with van der Waals surface area (Å²) in [5.74, 6) is 0.660. The zero-order valence-corrected chi connectivity index (χ0v) is 12.6. The topological polar surface area (TPSA) is 46.1 Å². The van der Waals surface area contributed by atoms with Crippen LogP contribution in [-0.2, 0) is 4.79 Å². The number of carbonyl (C=O) groups is 1. The third-order valence-electron chi connectivity index (χ3n) is 3.10. The fraction of sp³-hybridized carbons (Fsp3) is 0.417. The van der Waals surface area contributed by atoms with Crippen molar-refractivity contribution in [3.63, 3.8) is 0 Å². The van der Waals surface area contributed by atoms with Crippen LogP contribution in [-0.4, -0.2) is 33.3 Å². The zero-order valence-electron chi connectivity index (χ0n) is 10.2. The minimum atomic E-state index is 0.205. The first kappa shape index (κ1) is 13.1. The van der Waals surface area contributed by atoms with Crippen molar-refractivity contribution < 1.29 is 4.79 Å². The van der Waals surface area contributed by atoms with Crippen LogP contribution in [0.5, 0.6) is 0 Å². The third kappa shape index (κ3) is 2.98. The molecule has 1 atom stereocenters. The van der Waals surface area contributed by atoms with Gasteiger partial charge in [-0.15, -0.1) is 21.5 Å². The highest BCUT2D eigenvalue weighted by molar-refractivity contribution is 8.01. The van der Waals surface area contributed by atoms with Gasteiger partial charge in [0.1, 0.15) is 5.51 Å². The van der Waals surface area contributed by atoms with E-state index in [1.165, 1.54) is 28.0 Å². The van der Waals surface area contributed by atoms with E-state index in [1.54, 1.807) is 16.8 Å². The first-order valence-corrected chi connectivity index (χ1v) is 8.81. The Morgan fingerprint density at radius 3 is 3.21 bits per heavy atom. The lowest BCUT2D eigenvalue weighted by atomic mass is 10.2. The van der Waals surface area contributed by atoms with Crippen molar-refractivity contribution in [1.29, 1.82) is 0 Å². The molecule has 4 nitrogen and oxygen atoms in total. The monoisotopic (exact) mass is 311 g/mol. The Bertz CT molecular complexity index is 526. The van der Waals surface area contributed by atoms with Gasteiger partial charge in [-0.25, -0.2) is 0 Å². The van der Waals surface area contributed by atoms with Crippen LogP contribution in [0.25, 0.3) is 0 Å². The normalized spacial score (nSPS) is 18.9. The number of hydrogen-bond donors (Lipinski definition) is 0. The van der Waals surface area contributed by atoms with Gasteiger partial charge in [0.05, 0.1) is 11.8 Å². The van der Waals surface area contributed by atoms with Crippen LogP contribution in [0.4, 0.5) is 0 Å². The maximum atomic E-state index is 12.3. The first-order valence-electron chi connectivity index (χ1n) is 6.06. The second kappa shape index (κ2) is 6.02. The number of rotatable bonds is 4. The second-order valence-electron chi connectivity index (χ2n) is 4.25. The quantitative estimate of drug-likeness (QED) is 0.814. The Kier molecular flexibility index (Phi) is 4.15. The van der Waals surface area contributed by atoms with Gasteiger partial charge in [-0.3, -0.25) is 4.79 Å². The number of likely N-dealkylation sites (tertiary alicyclic amines) is 1. The van der Waals surface area contributed by atoms with E-state index in [9.17, 15) is 4.79 Å². The molecule has 0 aromatic carbocycles. The number of thioether (sulfide) groups is 1. The molecule has 19 heavy (non-hydrogen) atoms. The van der Waals surface area contributed by atoms with Crippen molar-refractivity contribution in [1.82, 2.24) is 15.1 Å². The smallest absolute Gasteiger partial charge is 0.233 e. The molecule has 0 bridgehead atoms. The summed E-state index contributed by atoms with van der Waals surface area (Å²) in [5.41, 5.74) is 1.69. The van der Waals surface area contributed by atoms with Crippen molar-refractivity contribution in [2.24, 2.45) is 0 Å². The van der Waals surface area contributed by atoms with Gasteiger partial charge in [0.25, 0.3) is 0 Å². The van der Waals surface area contributed by atoms with E-state index in [-0.39, 0.29) is 11.9 Å². The highest BCUT2D eigenvalue weighted by Gasteiger charge is 2.30. The van der Waals surface area contributed by atoms with Crippen LogP contribution < -0.4 is 0 Å². The summed E-state index contributed by atoms with van der Waals surface area (Å²) in [6.45, 7) is 0.873. The molecule has 7 heteroatoms. The fourth-order valence-electron chi connectivity index (χ4n) is 2.27. The summed E-state index contributed by atoms with van der Waals surface area (Å²) < 4.78 is 0.861. The van der Waals surface area contributed by atoms with Crippen LogP contribution >= 0.6 is 34.4 Å². The summed E-state index contributed by atoms with van der Waals surface area (Å²) in [7, 11) is 0. The number of amides is 1. The fourth-order valence-corrected chi connectivity index (χ4v) is 4.52. The molecular formula is C12H13N3OS3. The Labute approximate surface area is 123 Å². The molecule has 2 aromatic rings. The molecule has 0 spiro atoms. The minimum absolute atomic E-state index is 0.205. The largest absolute Gasteiger partial charge is 0.334 e. The number of hydrogen-bond acceptors (Lipinski definition) is 6. The molecule has 0 N–H and O–H groups in total. The molecule has 3 heterocycles. The number of thiophene rings is 1. The highest BCUT2D eigenvalue weighted by atomic mass is 32.2. The standard InChI is InChI=1S/C12H13N3OS3/c16-11(7-18-12-14-13-8-19-12)15-5-1-3-9(15)10-4-2-6-17-10/h2,4,6,8-9H,1,3,5,7H2. The molecule has 1 aliphatic heterocycles. The van der Waals surface area contributed by atoms with Crippen molar-refractivity contribution in [3.8, 4) is 0 Å². The molecule has 1 unspecified atom stereocenters. The van der Waals surface area contributed by atoms with Crippen molar-refractivity contribution in [3.05, 3.63) is 27.9 Å².